The van der Waals surface area contributed by atoms with Gasteiger partial charge in [0.25, 0.3) is 0 Å². The maximum atomic E-state index is 11.2. The van der Waals surface area contributed by atoms with Crippen molar-refractivity contribution in [1.29, 1.82) is 0 Å². The van der Waals surface area contributed by atoms with Gasteiger partial charge in [-0.15, -0.1) is 0 Å². The van der Waals surface area contributed by atoms with Crippen LogP contribution < -0.4 is 10.9 Å². The van der Waals surface area contributed by atoms with Gasteiger partial charge in [-0.05, 0) is 31.5 Å². The molecule has 3 rings (SSSR count). The second-order valence-corrected chi connectivity index (χ2v) is 4.27. The van der Waals surface area contributed by atoms with Gasteiger partial charge < -0.3 is 15.0 Å². The van der Waals surface area contributed by atoms with Gasteiger partial charge in [-0.3, -0.25) is 4.79 Å². The lowest BCUT2D eigenvalue weighted by Crippen LogP contribution is -2.39. The summed E-state index contributed by atoms with van der Waals surface area (Å²) in [5.74, 6) is 0. The van der Waals surface area contributed by atoms with E-state index >= 15 is 0 Å². The number of H-pyrrole nitrogens is 1. The molecule has 4 nitrogen and oxygen atoms in total. The van der Waals surface area contributed by atoms with Gasteiger partial charge in [0.05, 0.1) is 12.2 Å². The van der Waals surface area contributed by atoms with Crippen LogP contribution in [0, 0.1) is 0 Å². The third kappa shape index (κ3) is 1.33. The zero-order valence-corrected chi connectivity index (χ0v) is 8.51. The van der Waals surface area contributed by atoms with Crippen LogP contribution in [0.1, 0.15) is 24.0 Å². The van der Waals surface area contributed by atoms with Crippen LogP contribution in [0.2, 0.25) is 0 Å². The lowest BCUT2D eigenvalue weighted by Gasteiger charge is -2.33. The summed E-state index contributed by atoms with van der Waals surface area (Å²) in [5, 5.41) is 3.33. The minimum absolute atomic E-state index is 0.0386. The Hall–Kier alpha value is -1.13. The average Bonchev–Trinajstić information content (AvgIpc) is 2.58. The second kappa shape index (κ2) is 3.18. The van der Waals surface area contributed by atoms with E-state index in [2.05, 4.69) is 10.3 Å². The van der Waals surface area contributed by atoms with Gasteiger partial charge in [0, 0.05) is 17.8 Å². The molecule has 1 saturated heterocycles. The van der Waals surface area contributed by atoms with Crippen molar-refractivity contribution in [2.45, 2.75) is 25.0 Å². The number of rotatable bonds is 0. The zero-order chi connectivity index (χ0) is 10.3. The number of aromatic amines is 1. The summed E-state index contributed by atoms with van der Waals surface area (Å²) in [7, 11) is 0. The lowest BCUT2D eigenvalue weighted by molar-refractivity contribution is -0.0591. The Morgan fingerprint density at radius 2 is 2.13 bits per heavy atom. The van der Waals surface area contributed by atoms with E-state index in [9.17, 15) is 4.79 Å². The van der Waals surface area contributed by atoms with Gasteiger partial charge in [-0.2, -0.15) is 0 Å². The lowest BCUT2D eigenvalue weighted by atomic mass is 9.85. The summed E-state index contributed by atoms with van der Waals surface area (Å²) in [6.07, 6.45) is 3.81. The Balaban J connectivity index is 2.06. The van der Waals surface area contributed by atoms with Crippen molar-refractivity contribution < 1.29 is 4.74 Å². The molecule has 0 aromatic carbocycles. The van der Waals surface area contributed by atoms with E-state index in [-0.39, 0.29) is 11.2 Å². The standard InChI is InChI=1S/C11H14N2O2/c14-10-5-8-7-15-11(9(8)6-13-10)1-3-12-4-2-11/h5-6,12H,1-4,7H2,(H,13,14). The van der Waals surface area contributed by atoms with E-state index in [1.54, 1.807) is 6.07 Å². The van der Waals surface area contributed by atoms with Crippen LogP contribution in [0.15, 0.2) is 17.1 Å². The molecule has 2 aliphatic rings. The van der Waals surface area contributed by atoms with Crippen LogP contribution in [-0.4, -0.2) is 18.1 Å². The normalized spacial score (nSPS) is 22.9. The number of pyridine rings is 1. The molecule has 0 bridgehead atoms. The van der Waals surface area contributed by atoms with Crippen molar-refractivity contribution in [3.8, 4) is 0 Å². The molecule has 2 N–H and O–H groups in total. The summed E-state index contributed by atoms with van der Waals surface area (Å²) in [6, 6.07) is 1.66. The summed E-state index contributed by atoms with van der Waals surface area (Å²) in [4.78, 5) is 13.9. The summed E-state index contributed by atoms with van der Waals surface area (Å²) >= 11 is 0. The molecule has 80 valence electrons. The first-order chi connectivity index (χ1) is 7.30. The van der Waals surface area contributed by atoms with Crippen molar-refractivity contribution in [3.05, 3.63) is 33.7 Å². The van der Waals surface area contributed by atoms with Crippen LogP contribution in [0.5, 0.6) is 0 Å². The number of nitrogens with one attached hydrogen (secondary N) is 2. The maximum Gasteiger partial charge on any atom is 0.248 e. The molecule has 3 heterocycles. The molecule has 0 saturated carbocycles. The van der Waals surface area contributed by atoms with Gasteiger partial charge in [-0.25, -0.2) is 0 Å². The van der Waals surface area contributed by atoms with Gasteiger partial charge in [0.1, 0.15) is 0 Å². The first kappa shape index (κ1) is 9.12. The van der Waals surface area contributed by atoms with Crippen LogP contribution in [0.25, 0.3) is 0 Å². The van der Waals surface area contributed by atoms with Crippen molar-refractivity contribution in [2.24, 2.45) is 0 Å². The molecule has 1 aromatic heterocycles. The Morgan fingerprint density at radius 3 is 2.93 bits per heavy atom. The largest absolute Gasteiger partial charge is 0.365 e. The van der Waals surface area contributed by atoms with Crippen molar-refractivity contribution >= 4 is 0 Å². The molecule has 15 heavy (non-hydrogen) atoms. The highest BCUT2D eigenvalue weighted by Gasteiger charge is 2.41. The van der Waals surface area contributed by atoms with Crippen LogP contribution in [0.4, 0.5) is 0 Å². The van der Waals surface area contributed by atoms with Gasteiger partial charge in [-0.1, -0.05) is 0 Å². The first-order valence-electron chi connectivity index (χ1n) is 5.37. The molecule has 0 atom stereocenters. The number of hydrogen-bond acceptors (Lipinski definition) is 3. The fourth-order valence-electron chi connectivity index (χ4n) is 2.60. The van der Waals surface area contributed by atoms with Gasteiger partial charge in [0.15, 0.2) is 0 Å². The fourth-order valence-corrected chi connectivity index (χ4v) is 2.60. The summed E-state index contributed by atoms with van der Waals surface area (Å²) < 4.78 is 5.91. The molecular weight excluding hydrogens is 192 g/mol. The molecular formula is C11H14N2O2. The molecule has 1 fully saturated rings. The monoisotopic (exact) mass is 206 g/mol. The van der Waals surface area contributed by atoms with Crippen molar-refractivity contribution in [2.75, 3.05) is 13.1 Å². The van der Waals surface area contributed by atoms with E-state index in [1.807, 2.05) is 6.20 Å². The van der Waals surface area contributed by atoms with Gasteiger partial charge in [0.2, 0.25) is 5.56 Å². The van der Waals surface area contributed by atoms with Gasteiger partial charge >= 0.3 is 0 Å². The van der Waals surface area contributed by atoms with E-state index < -0.39 is 0 Å². The summed E-state index contributed by atoms with van der Waals surface area (Å²) in [6.45, 7) is 2.55. The minimum atomic E-state index is -0.134. The SMILES string of the molecule is O=c1cc2c(c[nH]1)C1(CCNCC1)OC2. The minimum Gasteiger partial charge on any atom is -0.365 e. The smallest absolute Gasteiger partial charge is 0.248 e. The number of fused-ring (bicyclic) bond motifs is 2. The van der Waals surface area contributed by atoms with E-state index in [0.717, 1.165) is 31.5 Å². The molecule has 4 heteroatoms. The van der Waals surface area contributed by atoms with E-state index in [1.165, 1.54) is 5.56 Å². The highest BCUT2D eigenvalue weighted by Crippen LogP contribution is 2.41. The number of piperidine rings is 1. The number of aromatic nitrogens is 1. The second-order valence-electron chi connectivity index (χ2n) is 4.27. The Morgan fingerprint density at radius 1 is 1.33 bits per heavy atom. The third-order valence-corrected chi connectivity index (χ3v) is 3.42. The molecule has 0 amide bonds. The average molecular weight is 206 g/mol. The molecule has 0 unspecified atom stereocenters. The van der Waals surface area contributed by atoms with E-state index in [0.29, 0.717) is 6.61 Å². The molecule has 2 aliphatic heterocycles. The first-order valence-corrected chi connectivity index (χ1v) is 5.37. The van der Waals surface area contributed by atoms with Crippen LogP contribution in [0.3, 0.4) is 0 Å². The molecule has 0 radical (unpaired) electrons. The number of hydrogen-bond donors (Lipinski definition) is 2. The molecule has 0 aliphatic carbocycles. The van der Waals surface area contributed by atoms with Crippen molar-refractivity contribution in [1.82, 2.24) is 10.3 Å². The van der Waals surface area contributed by atoms with Crippen LogP contribution in [-0.2, 0) is 16.9 Å². The van der Waals surface area contributed by atoms with Crippen molar-refractivity contribution in [3.63, 3.8) is 0 Å². The zero-order valence-electron chi connectivity index (χ0n) is 8.51. The predicted molar refractivity (Wildman–Crippen MR) is 55.6 cm³/mol. The highest BCUT2D eigenvalue weighted by atomic mass is 16.5. The maximum absolute atomic E-state index is 11.2. The van der Waals surface area contributed by atoms with E-state index in [4.69, 9.17) is 4.74 Å². The Bertz CT molecular complexity index is 432. The molecule has 1 aromatic rings. The van der Waals surface area contributed by atoms with Crippen LogP contribution >= 0.6 is 0 Å². The Labute approximate surface area is 87.7 Å². The topological polar surface area (TPSA) is 54.1 Å². The highest BCUT2D eigenvalue weighted by molar-refractivity contribution is 5.33. The Kier molecular flexibility index (Phi) is 1.94. The number of ether oxygens (including phenoxy) is 1. The molecule has 1 spiro atoms. The predicted octanol–water partition coefficient (Wildman–Crippen LogP) is 0.484. The third-order valence-electron chi connectivity index (χ3n) is 3.42. The summed E-state index contributed by atoms with van der Waals surface area (Å²) in [5.41, 5.74) is 2.07. The quantitative estimate of drug-likeness (QED) is 0.649. The fraction of sp³-hybridized carbons (Fsp3) is 0.545.